The standard InChI is InChI=1S/C7H12BrN3/c1-2-6-5(3-4-9)7(8)11-10-6/h2-4,9H2,1H3,(H,10,11). The van der Waals surface area contributed by atoms with E-state index in [9.17, 15) is 0 Å². The van der Waals surface area contributed by atoms with Crippen LogP contribution in [0.3, 0.4) is 0 Å². The van der Waals surface area contributed by atoms with Crippen LogP contribution in [-0.4, -0.2) is 16.7 Å². The molecule has 1 aromatic rings. The van der Waals surface area contributed by atoms with E-state index < -0.39 is 0 Å². The Morgan fingerprint density at radius 3 is 2.91 bits per heavy atom. The lowest BCUT2D eigenvalue weighted by Gasteiger charge is -1.97. The van der Waals surface area contributed by atoms with Gasteiger partial charge >= 0.3 is 0 Å². The third-order valence-corrected chi connectivity index (χ3v) is 2.31. The van der Waals surface area contributed by atoms with Gasteiger partial charge in [0.1, 0.15) is 4.60 Å². The van der Waals surface area contributed by atoms with Crippen molar-refractivity contribution in [3.8, 4) is 0 Å². The number of aryl methyl sites for hydroxylation is 1. The molecule has 1 rings (SSSR count). The van der Waals surface area contributed by atoms with E-state index in [-0.39, 0.29) is 0 Å². The highest BCUT2D eigenvalue weighted by atomic mass is 79.9. The van der Waals surface area contributed by atoms with Crippen LogP contribution in [-0.2, 0) is 12.8 Å². The highest BCUT2D eigenvalue weighted by Gasteiger charge is 2.07. The predicted octanol–water partition coefficient (Wildman–Crippen LogP) is 1.24. The summed E-state index contributed by atoms with van der Waals surface area (Å²) in [7, 11) is 0. The van der Waals surface area contributed by atoms with Crippen LogP contribution in [0.25, 0.3) is 0 Å². The topological polar surface area (TPSA) is 54.7 Å². The van der Waals surface area contributed by atoms with E-state index in [4.69, 9.17) is 5.73 Å². The molecule has 0 aliphatic heterocycles. The van der Waals surface area contributed by atoms with Crippen LogP contribution < -0.4 is 5.73 Å². The molecule has 0 radical (unpaired) electrons. The van der Waals surface area contributed by atoms with E-state index >= 15 is 0 Å². The minimum absolute atomic E-state index is 0.672. The number of hydrogen-bond acceptors (Lipinski definition) is 2. The average molecular weight is 218 g/mol. The van der Waals surface area contributed by atoms with Gasteiger partial charge < -0.3 is 5.73 Å². The van der Waals surface area contributed by atoms with Crippen molar-refractivity contribution in [2.75, 3.05) is 6.54 Å². The quantitative estimate of drug-likeness (QED) is 0.801. The molecular weight excluding hydrogens is 206 g/mol. The van der Waals surface area contributed by atoms with Gasteiger partial charge in [0.05, 0.1) is 0 Å². The van der Waals surface area contributed by atoms with Gasteiger partial charge in [-0.05, 0) is 35.3 Å². The van der Waals surface area contributed by atoms with Gasteiger partial charge in [0.2, 0.25) is 0 Å². The van der Waals surface area contributed by atoms with E-state index in [1.165, 1.54) is 11.3 Å². The van der Waals surface area contributed by atoms with Gasteiger partial charge in [-0.2, -0.15) is 5.10 Å². The first-order chi connectivity index (χ1) is 5.29. The van der Waals surface area contributed by atoms with E-state index in [2.05, 4.69) is 33.1 Å². The summed E-state index contributed by atoms with van der Waals surface area (Å²) >= 11 is 3.36. The molecule has 0 bridgehead atoms. The Balaban J connectivity index is 2.88. The molecule has 0 saturated carbocycles. The number of aromatic amines is 1. The lowest BCUT2D eigenvalue weighted by atomic mass is 10.1. The molecule has 0 aliphatic rings. The number of nitrogens with one attached hydrogen (secondary N) is 1. The number of rotatable bonds is 3. The molecule has 0 amide bonds. The van der Waals surface area contributed by atoms with Crippen molar-refractivity contribution in [3.05, 3.63) is 15.9 Å². The molecule has 0 aromatic carbocycles. The third-order valence-electron chi connectivity index (χ3n) is 1.65. The number of nitrogens with two attached hydrogens (primary N) is 1. The van der Waals surface area contributed by atoms with Crippen molar-refractivity contribution in [3.63, 3.8) is 0 Å². The average Bonchev–Trinajstić information content (AvgIpc) is 2.34. The second kappa shape index (κ2) is 3.88. The molecule has 0 saturated heterocycles. The summed E-state index contributed by atoms with van der Waals surface area (Å²) in [4.78, 5) is 0. The number of halogens is 1. The first kappa shape index (κ1) is 8.74. The van der Waals surface area contributed by atoms with E-state index in [1.807, 2.05) is 0 Å². The zero-order valence-corrected chi connectivity index (χ0v) is 8.11. The highest BCUT2D eigenvalue weighted by Crippen LogP contribution is 2.17. The van der Waals surface area contributed by atoms with Gasteiger partial charge in [0.15, 0.2) is 0 Å². The van der Waals surface area contributed by atoms with Gasteiger partial charge in [0, 0.05) is 11.3 Å². The first-order valence-corrected chi connectivity index (χ1v) is 4.50. The fourth-order valence-electron chi connectivity index (χ4n) is 1.07. The monoisotopic (exact) mass is 217 g/mol. The summed E-state index contributed by atoms with van der Waals surface area (Å²) in [6.07, 6.45) is 1.87. The van der Waals surface area contributed by atoms with Crippen LogP contribution in [0.4, 0.5) is 0 Å². The summed E-state index contributed by atoms with van der Waals surface area (Å²) in [5.74, 6) is 0. The molecular formula is C7H12BrN3. The first-order valence-electron chi connectivity index (χ1n) is 3.71. The number of nitrogens with zero attached hydrogens (tertiary/aromatic N) is 1. The Labute approximate surface area is 74.5 Å². The summed E-state index contributed by atoms with van der Waals surface area (Å²) in [5, 5.41) is 7.00. The minimum Gasteiger partial charge on any atom is -0.330 e. The van der Waals surface area contributed by atoms with Crippen LogP contribution in [0.1, 0.15) is 18.2 Å². The molecule has 0 fully saturated rings. The Kier molecular flexibility index (Phi) is 3.08. The molecule has 3 N–H and O–H groups in total. The van der Waals surface area contributed by atoms with Crippen molar-refractivity contribution in [1.29, 1.82) is 0 Å². The molecule has 11 heavy (non-hydrogen) atoms. The summed E-state index contributed by atoms with van der Waals surface area (Å²) < 4.78 is 0.903. The molecule has 4 heteroatoms. The summed E-state index contributed by atoms with van der Waals surface area (Å²) in [6, 6.07) is 0. The molecule has 62 valence electrons. The fraction of sp³-hybridized carbons (Fsp3) is 0.571. The van der Waals surface area contributed by atoms with Gasteiger partial charge in [-0.25, -0.2) is 0 Å². The Morgan fingerprint density at radius 2 is 2.36 bits per heavy atom. The van der Waals surface area contributed by atoms with Crippen LogP contribution in [0.15, 0.2) is 4.60 Å². The van der Waals surface area contributed by atoms with Gasteiger partial charge in [-0.1, -0.05) is 6.92 Å². The zero-order chi connectivity index (χ0) is 8.27. The van der Waals surface area contributed by atoms with Gasteiger partial charge in [0.25, 0.3) is 0 Å². The summed E-state index contributed by atoms with van der Waals surface area (Å²) in [6.45, 7) is 2.77. The third kappa shape index (κ3) is 1.81. The predicted molar refractivity (Wildman–Crippen MR) is 48.4 cm³/mol. The van der Waals surface area contributed by atoms with E-state index in [1.54, 1.807) is 0 Å². The zero-order valence-electron chi connectivity index (χ0n) is 6.52. The second-order valence-corrected chi connectivity index (χ2v) is 3.11. The van der Waals surface area contributed by atoms with E-state index in [0.29, 0.717) is 6.54 Å². The van der Waals surface area contributed by atoms with Crippen molar-refractivity contribution in [1.82, 2.24) is 10.2 Å². The van der Waals surface area contributed by atoms with E-state index in [0.717, 1.165) is 17.4 Å². The van der Waals surface area contributed by atoms with Gasteiger partial charge in [-0.15, -0.1) is 0 Å². The van der Waals surface area contributed by atoms with Crippen LogP contribution in [0.5, 0.6) is 0 Å². The van der Waals surface area contributed by atoms with Crippen LogP contribution in [0.2, 0.25) is 0 Å². The molecule has 0 atom stereocenters. The van der Waals surface area contributed by atoms with Crippen molar-refractivity contribution < 1.29 is 0 Å². The highest BCUT2D eigenvalue weighted by molar-refractivity contribution is 9.10. The fourth-order valence-corrected chi connectivity index (χ4v) is 1.59. The summed E-state index contributed by atoms with van der Waals surface area (Å²) in [5.41, 5.74) is 7.85. The van der Waals surface area contributed by atoms with Crippen molar-refractivity contribution in [2.45, 2.75) is 19.8 Å². The number of H-pyrrole nitrogens is 1. The maximum atomic E-state index is 5.45. The smallest absolute Gasteiger partial charge is 0.131 e. The van der Waals surface area contributed by atoms with Gasteiger partial charge in [-0.3, -0.25) is 5.10 Å². The lowest BCUT2D eigenvalue weighted by molar-refractivity contribution is 0.921. The maximum Gasteiger partial charge on any atom is 0.131 e. The Morgan fingerprint density at radius 1 is 1.64 bits per heavy atom. The molecule has 1 heterocycles. The van der Waals surface area contributed by atoms with Crippen molar-refractivity contribution >= 4 is 15.9 Å². The Hall–Kier alpha value is -0.350. The normalized spacial score (nSPS) is 10.5. The SMILES string of the molecule is CCc1[nH]nc(Br)c1CCN. The minimum atomic E-state index is 0.672. The van der Waals surface area contributed by atoms with Crippen LogP contribution >= 0.6 is 15.9 Å². The molecule has 0 unspecified atom stereocenters. The largest absolute Gasteiger partial charge is 0.330 e. The second-order valence-electron chi connectivity index (χ2n) is 2.36. The van der Waals surface area contributed by atoms with Crippen LogP contribution in [0, 0.1) is 0 Å². The molecule has 0 aliphatic carbocycles. The number of hydrogen-bond donors (Lipinski definition) is 2. The molecule has 3 nitrogen and oxygen atoms in total. The maximum absolute atomic E-state index is 5.45. The van der Waals surface area contributed by atoms with Crippen molar-refractivity contribution in [2.24, 2.45) is 5.73 Å². The molecule has 1 aromatic heterocycles. The Bertz CT molecular complexity index is 232. The molecule has 0 spiro atoms. The lowest BCUT2D eigenvalue weighted by Crippen LogP contribution is -2.04. The number of aromatic nitrogens is 2.